The molecule has 0 saturated heterocycles. The maximum Gasteiger partial charge on any atom is 0.248 e. The summed E-state index contributed by atoms with van der Waals surface area (Å²) in [6, 6.07) is 22.3. The van der Waals surface area contributed by atoms with Crippen molar-refractivity contribution in [1.29, 1.82) is 0 Å². The molecule has 3 aromatic rings. The lowest BCUT2D eigenvalue weighted by atomic mass is 10.2. The molecule has 0 heterocycles. The third-order valence-corrected chi connectivity index (χ3v) is 4.18. The van der Waals surface area contributed by atoms with E-state index in [9.17, 15) is 4.79 Å². The normalized spacial score (nSPS) is 10.6. The van der Waals surface area contributed by atoms with Crippen molar-refractivity contribution in [2.45, 2.75) is 13.3 Å². The number of carbonyl (C=O) groups is 1. The molecule has 0 saturated carbocycles. The van der Waals surface area contributed by atoms with E-state index in [4.69, 9.17) is 14.2 Å². The van der Waals surface area contributed by atoms with Crippen molar-refractivity contribution in [3.8, 4) is 23.0 Å². The van der Waals surface area contributed by atoms with Crippen LogP contribution in [0.5, 0.6) is 23.0 Å². The standard InChI is InChI=1S/C25H25NO4/c1-3-17-29-23-15-9-19(18-24(23)28-2)10-16-25(27)26-20-11-13-22(14-12-20)30-21-7-5-4-6-8-21/h4-16,18H,3,17H2,1-2H3,(H,26,27)/b16-10+. The first-order valence-corrected chi connectivity index (χ1v) is 9.81. The van der Waals surface area contributed by atoms with Crippen LogP contribution in [0.25, 0.3) is 6.08 Å². The predicted molar refractivity (Wildman–Crippen MR) is 119 cm³/mol. The zero-order chi connectivity index (χ0) is 21.2. The summed E-state index contributed by atoms with van der Waals surface area (Å²) < 4.78 is 16.8. The monoisotopic (exact) mass is 403 g/mol. The van der Waals surface area contributed by atoms with E-state index in [0.29, 0.717) is 29.5 Å². The van der Waals surface area contributed by atoms with Gasteiger partial charge in [0.1, 0.15) is 11.5 Å². The number of methoxy groups -OCH3 is 1. The number of carbonyl (C=O) groups excluding carboxylic acids is 1. The highest BCUT2D eigenvalue weighted by Crippen LogP contribution is 2.28. The van der Waals surface area contributed by atoms with E-state index in [1.54, 1.807) is 25.3 Å². The van der Waals surface area contributed by atoms with Crippen LogP contribution in [0, 0.1) is 0 Å². The molecule has 3 rings (SSSR count). The molecule has 1 N–H and O–H groups in total. The summed E-state index contributed by atoms with van der Waals surface area (Å²) >= 11 is 0. The van der Waals surface area contributed by atoms with E-state index in [1.165, 1.54) is 6.08 Å². The van der Waals surface area contributed by atoms with Crippen molar-refractivity contribution < 1.29 is 19.0 Å². The third kappa shape index (κ3) is 6.14. The Kier molecular flexibility index (Phi) is 7.50. The molecule has 30 heavy (non-hydrogen) atoms. The van der Waals surface area contributed by atoms with E-state index in [0.717, 1.165) is 17.7 Å². The fourth-order valence-corrected chi connectivity index (χ4v) is 2.71. The minimum atomic E-state index is -0.225. The topological polar surface area (TPSA) is 56.8 Å². The predicted octanol–water partition coefficient (Wildman–Crippen LogP) is 5.93. The highest BCUT2D eigenvalue weighted by Gasteiger charge is 2.05. The summed E-state index contributed by atoms with van der Waals surface area (Å²) in [4.78, 5) is 12.2. The van der Waals surface area contributed by atoms with Crippen LogP contribution in [0.2, 0.25) is 0 Å². The fraction of sp³-hybridized carbons (Fsp3) is 0.160. The van der Waals surface area contributed by atoms with Gasteiger partial charge < -0.3 is 19.5 Å². The molecular weight excluding hydrogens is 378 g/mol. The van der Waals surface area contributed by atoms with Gasteiger partial charge >= 0.3 is 0 Å². The Bertz CT molecular complexity index is 982. The second-order valence-corrected chi connectivity index (χ2v) is 6.52. The first-order valence-electron chi connectivity index (χ1n) is 9.81. The highest BCUT2D eigenvalue weighted by atomic mass is 16.5. The number of hydrogen-bond acceptors (Lipinski definition) is 4. The Morgan fingerprint density at radius 3 is 2.37 bits per heavy atom. The molecule has 0 atom stereocenters. The van der Waals surface area contributed by atoms with Crippen LogP contribution >= 0.6 is 0 Å². The minimum Gasteiger partial charge on any atom is -0.493 e. The first-order chi connectivity index (χ1) is 14.7. The Hall–Kier alpha value is -3.73. The van der Waals surface area contributed by atoms with E-state index in [2.05, 4.69) is 5.32 Å². The molecule has 0 unspecified atom stereocenters. The number of benzene rings is 3. The van der Waals surface area contributed by atoms with E-state index >= 15 is 0 Å². The van der Waals surface area contributed by atoms with Gasteiger partial charge in [0.25, 0.3) is 0 Å². The van der Waals surface area contributed by atoms with E-state index < -0.39 is 0 Å². The van der Waals surface area contributed by atoms with Crippen LogP contribution in [0.1, 0.15) is 18.9 Å². The van der Waals surface area contributed by atoms with Gasteiger partial charge in [-0.1, -0.05) is 31.2 Å². The van der Waals surface area contributed by atoms with Crippen LogP contribution in [0.4, 0.5) is 5.69 Å². The molecule has 5 nitrogen and oxygen atoms in total. The van der Waals surface area contributed by atoms with Crippen LogP contribution in [-0.4, -0.2) is 19.6 Å². The average Bonchev–Trinajstić information content (AvgIpc) is 2.78. The maximum atomic E-state index is 12.2. The smallest absolute Gasteiger partial charge is 0.248 e. The molecule has 0 aliphatic carbocycles. The molecule has 0 bridgehead atoms. The molecule has 5 heteroatoms. The first kappa shape index (κ1) is 21.0. The van der Waals surface area contributed by atoms with Crippen LogP contribution < -0.4 is 19.5 Å². The zero-order valence-electron chi connectivity index (χ0n) is 17.1. The van der Waals surface area contributed by atoms with Gasteiger partial charge in [-0.25, -0.2) is 0 Å². The summed E-state index contributed by atoms with van der Waals surface area (Å²) in [5.74, 6) is 2.57. The number of para-hydroxylation sites is 1. The number of amides is 1. The Morgan fingerprint density at radius 1 is 0.933 bits per heavy atom. The van der Waals surface area contributed by atoms with Gasteiger partial charge in [0.2, 0.25) is 5.91 Å². The summed E-state index contributed by atoms with van der Waals surface area (Å²) in [7, 11) is 1.60. The second-order valence-electron chi connectivity index (χ2n) is 6.52. The van der Waals surface area contributed by atoms with Gasteiger partial charge in [0.05, 0.1) is 13.7 Å². The lowest BCUT2D eigenvalue weighted by molar-refractivity contribution is -0.111. The van der Waals surface area contributed by atoms with Crippen LogP contribution in [0.15, 0.2) is 78.9 Å². The van der Waals surface area contributed by atoms with Gasteiger partial charge in [0.15, 0.2) is 11.5 Å². The molecule has 3 aromatic carbocycles. The van der Waals surface area contributed by atoms with Crippen molar-refractivity contribution >= 4 is 17.7 Å². The number of ether oxygens (including phenoxy) is 3. The lowest BCUT2D eigenvalue weighted by Gasteiger charge is -2.10. The quantitative estimate of drug-likeness (QED) is 0.450. The van der Waals surface area contributed by atoms with Crippen molar-refractivity contribution in [2.75, 3.05) is 19.0 Å². The summed E-state index contributed by atoms with van der Waals surface area (Å²) in [5.41, 5.74) is 1.53. The van der Waals surface area contributed by atoms with Gasteiger partial charge in [-0.2, -0.15) is 0 Å². The molecule has 0 spiro atoms. The summed E-state index contributed by atoms with van der Waals surface area (Å²) in [6.45, 7) is 2.68. The molecule has 0 radical (unpaired) electrons. The van der Waals surface area contributed by atoms with E-state index in [1.807, 2.05) is 67.6 Å². The summed E-state index contributed by atoms with van der Waals surface area (Å²) in [6.07, 6.45) is 4.13. The van der Waals surface area contributed by atoms with Gasteiger partial charge in [-0.3, -0.25) is 4.79 Å². The largest absolute Gasteiger partial charge is 0.493 e. The summed E-state index contributed by atoms with van der Waals surface area (Å²) in [5, 5.41) is 2.83. The molecule has 0 aliphatic heterocycles. The van der Waals surface area contributed by atoms with Gasteiger partial charge in [0, 0.05) is 11.8 Å². The Balaban J connectivity index is 1.57. The lowest BCUT2D eigenvalue weighted by Crippen LogP contribution is -2.07. The average molecular weight is 403 g/mol. The molecule has 154 valence electrons. The number of anilines is 1. The number of hydrogen-bond donors (Lipinski definition) is 1. The molecule has 1 amide bonds. The number of nitrogens with one attached hydrogen (secondary N) is 1. The highest BCUT2D eigenvalue weighted by molar-refractivity contribution is 6.02. The Labute approximate surface area is 176 Å². The SMILES string of the molecule is CCCOc1ccc(/C=C/C(=O)Nc2ccc(Oc3ccccc3)cc2)cc1OC. The van der Waals surface area contributed by atoms with Crippen molar-refractivity contribution in [3.05, 3.63) is 84.4 Å². The Morgan fingerprint density at radius 2 is 1.67 bits per heavy atom. The van der Waals surface area contributed by atoms with Gasteiger partial charge in [-0.15, -0.1) is 0 Å². The molecule has 0 aliphatic rings. The molecule has 0 fully saturated rings. The minimum absolute atomic E-state index is 0.225. The van der Waals surface area contributed by atoms with Crippen LogP contribution in [0.3, 0.4) is 0 Å². The van der Waals surface area contributed by atoms with Crippen molar-refractivity contribution in [3.63, 3.8) is 0 Å². The fourth-order valence-electron chi connectivity index (χ4n) is 2.71. The van der Waals surface area contributed by atoms with Crippen molar-refractivity contribution in [2.24, 2.45) is 0 Å². The van der Waals surface area contributed by atoms with E-state index in [-0.39, 0.29) is 5.91 Å². The zero-order valence-corrected chi connectivity index (χ0v) is 17.1. The number of rotatable bonds is 9. The van der Waals surface area contributed by atoms with Gasteiger partial charge in [-0.05, 0) is 66.6 Å². The van der Waals surface area contributed by atoms with Crippen molar-refractivity contribution in [1.82, 2.24) is 0 Å². The molecular formula is C25H25NO4. The van der Waals surface area contributed by atoms with Crippen LogP contribution in [-0.2, 0) is 4.79 Å². The molecule has 0 aromatic heterocycles. The third-order valence-electron chi connectivity index (χ3n) is 4.18. The second kappa shape index (κ2) is 10.7. The maximum absolute atomic E-state index is 12.2.